The van der Waals surface area contributed by atoms with Crippen LogP contribution in [0.2, 0.25) is 0 Å². The molecule has 0 spiro atoms. The highest BCUT2D eigenvalue weighted by Crippen LogP contribution is 2.23. The second-order valence-corrected chi connectivity index (χ2v) is 5.68. The van der Waals surface area contributed by atoms with Crippen molar-refractivity contribution in [3.63, 3.8) is 0 Å². The van der Waals surface area contributed by atoms with Crippen molar-refractivity contribution in [2.24, 2.45) is 5.92 Å². The zero-order valence-corrected chi connectivity index (χ0v) is 12.8. The second kappa shape index (κ2) is 8.22. The third-order valence-electron chi connectivity index (χ3n) is 3.98. The molecule has 4 nitrogen and oxygen atoms in total. The molecule has 20 heavy (non-hydrogen) atoms. The molecule has 112 valence electrons. The van der Waals surface area contributed by atoms with Gasteiger partial charge in [-0.25, -0.2) is 4.98 Å². The van der Waals surface area contributed by atoms with Gasteiger partial charge in [-0.15, -0.1) is 0 Å². The number of rotatable bonds is 6. The molecule has 1 saturated heterocycles. The zero-order valence-electron chi connectivity index (χ0n) is 12.8. The van der Waals surface area contributed by atoms with Gasteiger partial charge in [0.15, 0.2) is 0 Å². The normalized spacial score (nSPS) is 19.9. The van der Waals surface area contributed by atoms with E-state index in [4.69, 9.17) is 4.74 Å². The smallest absolute Gasteiger partial charge is 0.133 e. The van der Waals surface area contributed by atoms with Gasteiger partial charge < -0.3 is 15.0 Å². The predicted molar refractivity (Wildman–Crippen MR) is 83.0 cm³/mol. The van der Waals surface area contributed by atoms with E-state index >= 15 is 0 Å². The molecule has 1 atom stereocenters. The highest BCUT2D eigenvalue weighted by Gasteiger charge is 2.17. The summed E-state index contributed by atoms with van der Waals surface area (Å²) >= 11 is 0. The summed E-state index contributed by atoms with van der Waals surface area (Å²) < 4.78 is 5.07. The minimum atomic E-state index is 0.747. The molecule has 2 rings (SSSR count). The SMILES string of the molecule is COCCNCc1cccnc1N1CCCC(C)CC1. The first-order valence-electron chi connectivity index (χ1n) is 7.69. The number of nitrogens with zero attached hydrogens (tertiary/aromatic N) is 2. The fourth-order valence-corrected chi connectivity index (χ4v) is 2.73. The average Bonchev–Trinajstić information content (AvgIpc) is 2.69. The first-order valence-corrected chi connectivity index (χ1v) is 7.69. The van der Waals surface area contributed by atoms with Gasteiger partial charge in [-0.1, -0.05) is 13.0 Å². The van der Waals surface area contributed by atoms with Crippen molar-refractivity contribution in [3.05, 3.63) is 23.9 Å². The summed E-state index contributed by atoms with van der Waals surface area (Å²) in [4.78, 5) is 7.08. The van der Waals surface area contributed by atoms with Crippen LogP contribution in [0.3, 0.4) is 0 Å². The average molecular weight is 277 g/mol. The molecule has 1 aromatic heterocycles. The Hall–Kier alpha value is -1.13. The van der Waals surface area contributed by atoms with Crippen molar-refractivity contribution >= 4 is 5.82 Å². The molecular weight excluding hydrogens is 250 g/mol. The number of ether oxygens (including phenoxy) is 1. The van der Waals surface area contributed by atoms with Crippen molar-refractivity contribution < 1.29 is 4.74 Å². The summed E-state index contributed by atoms with van der Waals surface area (Å²) in [5, 5.41) is 3.41. The molecule has 0 aliphatic carbocycles. The van der Waals surface area contributed by atoms with Gasteiger partial charge in [-0.3, -0.25) is 0 Å². The largest absolute Gasteiger partial charge is 0.383 e. The number of hydrogen-bond acceptors (Lipinski definition) is 4. The van der Waals surface area contributed by atoms with Crippen LogP contribution >= 0.6 is 0 Å². The lowest BCUT2D eigenvalue weighted by Crippen LogP contribution is -2.28. The van der Waals surface area contributed by atoms with Crippen LogP contribution in [-0.2, 0) is 11.3 Å². The number of aromatic nitrogens is 1. The summed E-state index contributed by atoms with van der Waals surface area (Å²) in [6.45, 7) is 7.10. The van der Waals surface area contributed by atoms with Crippen LogP contribution in [0.4, 0.5) is 5.82 Å². The monoisotopic (exact) mass is 277 g/mol. The van der Waals surface area contributed by atoms with Crippen LogP contribution in [0.15, 0.2) is 18.3 Å². The minimum absolute atomic E-state index is 0.747. The molecule has 4 heteroatoms. The van der Waals surface area contributed by atoms with Gasteiger partial charge in [0.1, 0.15) is 5.82 Å². The fourth-order valence-electron chi connectivity index (χ4n) is 2.73. The molecule has 0 radical (unpaired) electrons. The van der Waals surface area contributed by atoms with Crippen LogP contribution in [0.1, 0.15) is 31.7 Å². The highest BCUT2D eigenvalue weighted by molar-refractivity contribution is 5.46. The molecule has 1 unspecified atom stereocenters. The van der Waals surface area contributed by atoms with E-state index in [0.29, 0.717) is 0 Å². The maximum absolute atomic E-state index is 5.07. The molecule has 1 fully saturated rings. The van der Waals surface area contributed by atoms with E-state index in [-0.39, 0.29) is 0 Å². The summed E-state index contributed by atoms with van der Waals surface area (Å²) in [5.41, 5.74) is 1.29. The second-order valence-electron chi connectivity index (χ2n) is 5.68. The zero-order chi connectivity index (χ0) is 14.2. The minimum Gasteiger partial charge on any atom is -0.383 e. The summed E-state index contributed by atoms with van der Waals surface area (Å²) in [5.74, 6) is 2.00. The highest BCUT2D eigenvalue weighted by atomic mass is 16.5. The lowest BCUT2D eigenvalue weighted by atomic mass is 10.0. The topological polar surface area (TPSA) is 37.4 Å². The van der Waals surface area contributed by atoms with Crippen molar-refractivity contribution in [2.75, 3.05) is 38.3 Å². The predicted octanol–water partition coefficient (Wildman–Crippen LogP) is 2.44. The van der Waals surface area contributed by atoms with Gasteiger partial charge >= 0.3 is 0 Å². The van der Waals surface area contributed by atoms with Gasteiger partial charge in [0.25, 0.3) is 0 Å². The van der Waals surface area contributed by atoms with Crippen LogP contribution in [0, 0.1) is 5.92 Å². The van der Waals surface area contributed by atoms with Gasteiger partial charge in [-0.2, -0.15) is 0 Å². The number of hydrogen-bond donors (Lipinski definition) is 1. The van der Waals surface area contributed by atoms with Crippen LogP contribution in [0.25, 0.3) is 0 Å². The Bertz CT molecular complexity index is 397. The maximum Gasteiger partial charge on any atom is 0.133 e. The molecule has 1 N–H and O–H groups in total. The van der Waals surface area contributed by atoms with E-state index in [2.05, 4.69) is 28.2 Å². The Morgan fingerprint density at radius 2 is 2.30 bits per heavy atom. The molecule has 0 bridgehead atoms. The Balaban J connectivity index is 1.99. The standard InChI is InChI=1S/C16H27N3O/c1-14-5-4-10-19(11-7-14)16-15(6-3-8-18-16)13-17-9-12-20-2/h3,6,8,14,17H,4-5,7,9-13H2,1-2H3. The van der Waals surface area contributed by atoms with Crippen molar-refractivity contribution in [1.82, 2.24) is 10.3 Å². The molecular formula is C16H27N3O. The van der Waals surface area contributed by atoms with Crippen LogP contribution < -0.4 is 10.2 Å². The van der Waals surface area contributed by atoms with E-state index < -0.39 is 0 Å². The van der Waals surface area contributed by atoms with Gasteiger partial charge in [0, 0.05) is 45.0 Å². The Kier molecular flexibility index (Phi) is 6.27. The molecule has 1 aliphatic heterocycles. The van der Waals surface area contributed by atoms with Crippen LogP contribution in [-0.4, -0.2) is 38.3 Å². The number of methoxy groups -OCH3 is 1. The van der Waals surface area contributed by atoms with E-state index in [9.17, 15) is 0 Å². The molecule has 0 saturated carbocycles. The van der Waals surface area contributed by atoms with Crippen molar-refractivity contribution in [1.29, 1.82) is 0 Å². The number of anilines is 1. The Morgan fingerprint density at radius 1 is 1.40 bits per heavy atom. The van der Waals surface area contributed by atoms with Crippen molar-refractivity contribution in [3.8, 4) is 0 Å². The fraction of sp³-hybridized carbons (Fsp3) is 0.688. The van der Waals surface area contributed by atoms with Gasteiger partial charge in [-0.05, 0) is 31.2 Å². The number of nitrogens with one attached hydrogen (secondary N) is 1. The third kappa shape index (κ3) is 4.46. The molecule has 1 aliphatic rings. The molecule has 0 amide bonds. The Labute approximate surface area is 122 Å². The first kappa shape index (κ1) is 15.3. The summed E-state index contributed by atoms with van der Waals surface area (Å²) in [6.07, 6.45) is 5.79. The molecule has 1 aromatic rings. The van der Waals surface area contributed by atoms with E-state index in [1.165, 1.54) is 24.8 Å². The molecule has 2 heterocycles. The quantitative estimate of drug-likeness (QED) is 0.811. The van der Waals surface area contributed by atoms with E-state index in [1.807, 2.05) is 12.3 Å². The lowest BCUT2D eigenvalue weighted by Gasteiger charge is -2.24. The van der Waals surface area contributed by atoms with Crippen molar-refractivity contribution in [2.45, 2.75) is 32.7 Å². The lowest BCUT2D eigenvalue weighted by molar-refractivity contribution is 0.199. The van der Waals surface area contributed by atoms with Crippen LogP contribution in [0.5, 0.6) is 0 Å². The third-order valence-corrected chi connectivity index (χ3v) is 3.98. The molecule has 0 aromatic carbocycles. The van der Waals surface area contributed by atoms with E-state index in [1.54, 1.807) is 7.11 Å². The number of pyridine rings is 1. The first-order chi connectivity index (χ1) is 9.81. The van der Waals surface area contributed by atoms with Gasteiger partial charge in [0.05, 0.1) is 6.61 Å². The Morgan fingerprint density at radius 3 is 3.15 bits per heavy atom. The summed E-state index contributed by atoms with van der Waals surface area (Å²) in [6, 6.07) is 4.20. The van der Waals surface area contributed by atoms with Gasteiger partial charge in [0.2, 0.25) is 0 Å². The summed E-state index contributed by atoms with van der Waals surface area (Å²) in [7, 11) is 1.73. The maximum atomic E-state index is 5.07. The van der Waals surface area contributed by atoms with E-state index in [0.717, 1.165) is 44.5 Å².